The number of rotatable bonds is 0. The molecule has 2 aromatic heterocycles. The molecule has 3 heterocycles. The minimum Gasteiger partial charge on any atom is -0.487 e. The topological polar surface area (TPSA) is 71.9 Å². The summed E-state index contributed by atoms with van der Waals surface area (Å²) in [6, 6.07) is 3.93. The number of aromatic nitrogens is 2. The number of hydrogen-bond acceptors (Lipinski definition) is 7. The Bertz CT molecular complexity index is 923. The maximum Gasteiger partial charge on any atom is 0.171 e. The minimum absolute atomic E-state index is 0.376. The molecule has 0 amide bonds. The van der Waals surface area contributed by atoms with Crippen LogP contribution in [0.5, 0.6) is 11.5 Å². The van der Waals surface area contributed by atoms with Crippen molar-refractivity contribution in [2.75, 3.05) is 52.9 Å². The van der Waals surface area contributed by atoms with E-state index in [4.69, 9.17) is 23.7 Å². The van der Waals surface area contributed by atoms with Gasteiger partial charge in [-0.05, 0) is 44.0 Å². The Labute approximate surface area is 184 Å². The van der Waals surface area contributed by atoms with Gasteiger partial charge in [-0.25, -0.2) is 0 Å². The standard InChI is InChI=1S/C20H20Br2N2O5/c21-13-9-15-17(23-11-13)18-16(10-14(22)12-24-18)20-19(15)28-7-5-26-3-1-25-2-4-27-6-8-29-20/h9-12H,1-8H2. The highest BCUT2D eigenvalue weighted by molar-refractivity contribution is 9.10. The summed E-state index contributed by atoms with van der Waals surface area (Å²) in [5, 5.41) is 1.65. The molecule has 154 valence electrons. The summed E-state index contributed by atoms with van der Waals surface area (Å²) in [5.74, 6) is 1.24. The van der Waals surface area contributed by atoms with Gasteiger partial charge in [-0.1, -0.05) is 0 Å². The quantitative estimate of drug-likeness (QED) is 0.407. The summed E-state index contributed by atoms with van der Waals surface area (Å²) in [6.07, 6.45) is 3.50. The molecule has 0 saturated carbocycles. The molecule has 0 unspecified atom stereocenters. The van der Waals surface area contributed by atoms with Crippen LogP contribution in [0.15, 0.2) is 33.5 Å². The first-order valence-electron chi connectivity index (χ1n) is 9.29. The molecule has 0 bridgehead atoms. The van der Waals surface area contributed by atoms with E-state index in [-0.39, 0.29) is 0 Å². The van der Waals surface area contributed by atoms with Crippen LogP contribution < -0.4 is 9.47 Å². The van der Waals surface area contributed by atoms with Gasteiger partial charge in [-0.3, -0.25) is 9.97 Å². The van der Waals surface area contributed by atoms with Crippen LogP contribution in [-0.4, -0.2) is 62.8 Å². The fraction of sp³-hybridized carbons (Fsp3) is 0.400. The van der Waals surface area contributed by atoms with E-state index in [1.54, 1.807) is 12.4 Å². The molecule has 0 spiro atoms. The lowest BCUT2D eigenvalue weighted by Crippen LogP contribution is -2.13. The van der Waals surface area contributed by atoms with Crippen molar-refractivity contribution in [3.8, 4) is 11.5 Å². The maximum absolute atomic E-state index is 6.14. The Morgan fingerprint density at radius 2 is 0.966 bits per heavy atom. The van der Waals surface area contributed by atoms with E-state index in [1.807, 2.05) is 12.1 Å². The molecule has 0 N–H and O–H groups in total. The molecule has 1 aromatic carbocycles. The van der Waals surface area contributed by atoms with Gasteiger partial charge in [0.1, 0.15) is 24.2 Å². The molecule has 1 aliphatic heterocycles. The van der Waals surface area contributed by atoms with Gasteiger partial charge in [-0.2, -0.15) is 0 Å². The summed E-state index contributed by atoms with van der Waals surface area (Å²) in [6.45, 7) is 3.71. The third-order valence-corrected chi connectivity index (χ3v) is 5.19. The highest BCUT2D eigenvalue weighted by Crippen LogP contribution is 2.43. The average molecular weight is 528 g/mol. The highest BCUT2D eigenvalue weighted by Gasteiger charge is 2.20. The average Bonchev–Trinajstić information content (AvgIpc) is 2.72. The Morgan fingerprint density at radius 1 is 0.586 bits per heavy atom. The SMILES string of the molecule is Brc1cnc2c(c1)c1c(c3cc(Br)cnc32)OCCOCCOCCOCCO1. The van der Waals surface area contributed by atoms with Crippen molar-refractivity contribution in [3.05, 3.63) is 33.5 Å². The lowest BCUT2D eigenvalue weighted by molar-refractivity contribution is 0.00714. The molecule has 0 fully saturated rings. The normalized spacial score (nSPS) is 17.0. The first-order valence-corrected chi connectivity index (χ1v) is 10.9. The zero-order valence-corrected chi connectivity index (χ0v) is 18.8. The predicted octanol–water partition coefficient (Wildman–Crippen LogP) is 4.13. The van der Waals surface area contributed by atoms with E-state index in [2.05, 4.69) is 41.8 Å². The number of fused-ring (bicyclic) bond motifs is 6. The smallest absolute Gasteiger partial charge is 0.171 e. The first kappa shape index (κ1) is 20.7. The molecular formula is C20H20Br2N2O5. The van der Waals surface area contributed by atoms with E-state index in [0.717, 1.165) is 30.8 Å². The largest absolute Gasteiger partial charge is 0.487 e. The molecule has 0 atom stereocenters. The minimum atomic E-state index is 0.376. The van der Waals surface area contributed by atoms with Gasteiger partial charge < -0.3 is 23.7 Å². The number of nitrogens with zero attached hydrogens (tertiary/aromatic N) is 2. The van der Waals surface area contributed by atoms with Crippen molar-refractivity contribution in [1.82, 2.24) is 9.97 Å². The number of pyridine rings is 2. The van der Waals surface area contributed by atoms with Crippen LogP contribution in [0, 0.1) is 0 Å². The van der Waals surface area contributed by atoms with Gasteiger partial charge in [0, 0.05) is 32.1 Å². The second-order valence-corrected chi connectivity index (χ2v) is 8.12. The first-order chi connectivity index (χ1) is 14.2. The summed E-state index contributed by atoms with van der Waals surface area (Å²) in [4.78, 5) is 9.17. The van der Waals surface area contributed by atoms with Crippen LogP contribution in [0.1, 0.15) is 0 Å². The van der Waals surface area contributed by atoms with E-state index in [9.17, 15) is 0 Å². The van der Waals surface area contributed by atoms with Crippen molar-refractivity contribution in [3.63, 3.8) is 0 Å². The molecular weight excluding hydrogens is 508 g/mol. The Hall–Kier alpha value is -1.52. The zero-order valence-electron chi connectivity index (χ0n) is 15.7. The third-order valence-electron chi connectivity index (χ3n) is 4.32. The molecule has 3 aromatic rings. The number of halogens is 2. The lowest BCUT2D eigenvalue weighted by Gasteiger charge is -2.18. The van der Waals surface area contributed by atoms with Crippen LogP contribution >= 0.6 is 31.9 Å². The summed E-state index contributed by atoms with van der Waals surface area (Å²) in [5.41, 5.74) is 1.50. The number of hydrogen-bond donors (Lipinski definition) is 0. The Morgan fingerprint density at radius 3 is 1.38 bits per heavy atom. The molecule has 0 radical (unpaired) electrons. The Kier molecular flexibility index (Phi) is 7.15. The van der Waals surface area contributed by atoms with Gasteiger partial charge >= 0.3 is 0 Å². The molecule has 1 aliphatic rings. The van der Waals surface area contributed by atoms with Gasteiger partial charge in [0.25, 0.3) is 0 Å². The fourth-order valence-corrected chi connectivity index (χ4v) is 3.74. The van der Waals surface area contributed by atoms with E-state index < -0.39 is 0 Å². The second kappa shape index (κ2) is 9.99. The lowest BCUT2D eigenvalue weighted by atomic mass is 10.1. The van der Waals surface area contributed by atoms with Crippen LogP contribution in [0.4, 0.5) is 0 Å². The van der Waals surface area contributed by atoms with Crippen molar-refractivity contribution >= 4 is 53.7 Å². The van der Waals surface area contributed by atoms with Crippen LogP contribution in [0.2, 0.25) is 0 Å². The van der Waals surface area contributed by atoms with Crippen molar-refractivity contribution in [2.24, 2.45) is 0 Å². The molecule has 0 aliphatic carbocycles. The summed E-state index contributed by atoms with van der Waals surface area (Å²) in [7, 11) is 0. The summed E-state index contributed by atoms with van der Waals surface area (Å²) < 4.78 is 30.6. The fourth-order valence-electron chi connectivity index (χ4n) is 3.08. The van der Waals surface area contributed by atoms with Crippen molar-refractivity contribution in [1.29, 1.82) is 0 Å². The van der Waals surface area contributed by atoms with E-state index >= 15 is 0 Å². The second-order valence-electron chi connectivity index (χ2n) is 6.29. The predicted molar refractivity (Wildman–Crippen MR) is 116 cm³/mol. The molecule has 29 heavy (non-hydrogen) atoms. The number of benzene rings is 1. The van der Waals surface area contributed by atoms with Crippen molar-refractivity contribution < 1.29 is 23.7 Å². The molecule has 9 heteroatoms. The summed E-state index contributed by atoms with van der Waals surface area (Å²) >= 11 is 7.01. The van der Waals surface area contributed by atoms with E-state index in [0.29, 0.717) is 64.4 Å². The Balaban J connectivity index is 1.81. The van der Waals surface area contributed by atoms with Gasteiger partial charge in [-0.15, -0.1) is 0 Å². The van der Waals surface area contributed by atoms with E-state index in [1.165, 1.54) is 0 Å². The molecule has 7 nitrogen and oxygen atoms in total. The monoisotopic (exact) mass is 526 g/mol. The third kappa shape index (κ3) is 4.97. The van der Waals surface area contributed by atoms with Crippen LogP contribution in [0.3, 0.4) is 0 Å². The zero-order chi connectivity index (χ0) is 20.1. The molecule has 0 saturated heterocycles. The van der Waals surface area contributed by atoms with Crippen LogP contribution in [-0.2, 0) is 14.2 Å². The maximum atomic E-state index is 6.14. The highest BCUT2D eigenvalue weighted by atomic mass is 79.9. The number of ether oxygens (including phenoxy) is 5. The van der Waals surface area contributed by atoms with Crippen LogP contribution in [0.25, 0.3) is 21.8 Å². The van der Waals surface area contributed by atoms with Crippen molar-refractivity contribution in [2.45, 2.75) is 0 Å². The molecule has 4 rings (SSSR count). The van der Waals surface area contributed by atoms with Gasteiger partial charge in [0.15, 0.2) is 11.5 Å². The van der Waals surface area contributed by atoms with Gasteiger partial charge in [0.05, 0.1) is 39.6 Å². The van der Waals surface area contributed by atoms with Gasteiger partial charge in [0.2, 0.25) is 0 Å².